The molecule has 0 radical (unpaired) electrons. The number of rotatable bonds is 108. The molecule has 710 valence electrons. The summed E-state index contributed by atoms with van der Waals surface area (Å²) in [6.45, 7) is 45.0. The Morgan fingerprint density at radius 1 is 0.161 bits per heavy atom. The lowest BCUT2D eigenvalue weighted by molar-refractivity contribution is -0.0270. The second kappa shape index (κ2) is 98.6. The first-order valence-electron chi connectivity index (χ1n) is 42.9. The highest BCUT2D eigenvalue weighted by molar-refractivity contribution is 6.88. The van der Waals surface area contributed by atoms with Crippen molar-refractivity contribution >= 4 is 34.5 Å². The van der Waals surface area contributed by atoms with Crippen molar-refractivity contribution in [1.29, 1.82) is 0 Å². The Balaban J connectivity index is 4.54. The van der Waals surface area contributed by atoms with Crippen LogP contribution < -0.4 is 0 Å². The van der Waals surface area contributed by atoms with Gasteiger partial charge in [0, 0.05) is 41.2 Å². The van der Waals surface area contributed by atoms with Crippen molar-refractivity contribution in [3.63, 3.8) is 0 Å². The first kappa shape index (κ1) is 117. The number of ether oxygens (including phenoxy) is 33. The second-order valence-corrected chi connectivity index (χ2v) is 41.7. The summed E-state index contributed by atoms with van der Waals surface area (Å²) >= 11 is 0. The molecular formula is C78H166O36Si4. The molecule has 3 unspecified atom stereocenters. The lowest BCUT2D eigenvalue weighted by atomic mass is 10.5. The largest absolute Gasteiger partial charge is 0.439 e. The highest BCUT2D eigenvalue weighted by Gasteiger charge is 2.45. The highest BCUT2D eigenvalue weighted by Crippen LogP contribution is 2.30. The number of hydrogen-bond acceptors (Lipinski definition) is 36. The van der Waals surface area contributed by atoms with Crippen molar-refractivity contribution in [1.82, 2.24) is 0 Å². The molecule has 0 saturated heterocycles. The second-order valence-electron chi connectivity index (χ2n) is 27.2. The predicted octanol–water partition coefficient (Wildman–Crippen LogP) is 4.98. The summed E-state index contributed by atoms with van der Waals surface area (Å²) < 4.78 is 205. The minimum atomic E-state index is -2.77. The maximum Gasteiger partial charge on any atom is 0.315 e. The van der Waals surface area contributed by atoms with E-state index >= 15 is 0 Å². The van der Waals surface area contributed by atoms with E-state index in [0.29, 0.717) is 416 Å². The molecule has 0 amide bonds. The van der Waals surface area contributed by atoms with Gasteiger partial charge in [-0.2, -0.15) is 0 Å². The average Bonchev–Trinajstić information content (AvgIpc) is 0.816. The van der Waals surface area contributed by atoms with Crippen LogP contribution in [0.4, 0.5) is 0 Å². The van der Waals surface area contributed by atoms with Crippen LogP contribution in [0.25, 0.3) is 0 Å². The average molecular weight is 1790 g/mol. The molecule has 0 saturated carbocycles. The zero-order valence-electron chi connectivity index (χ0n) is 74.6. The van der Waals surface area contributed by atoms with Gasteiger partial charge < -0.3 is 169 Å². The molecular weight excluding hydrogens is 1630 g/mol. The van der Waals surface area contributed by atoms with E-state index in [4.69, 9.17) is 169 Å². The van der Waals surface area contributed by atoms with Gasteiger partial charge in [0.15, 0.2) is 17.4 Å². The molecule has 0 heterocycles. The van der Waals surface area contributed by atoms with Gasteiger partial charge in [-0.15, -0.1) is 0 Å². The first-order chi connectivity index (χ1) is 58.0. The van der Waals surface area contributed by atoms with Crippen LogP contribution in [0, 0.1) is 0 Å². The molecule has 0 fully saturated rings. The standard InChI is InChI=1S/C78H166O36Si4/c1-79-16-19-85-28-31-91-40-43-97-52-55-103-64-67-109-73-70-106-61-58-100-49-46-94-37-34-88-25-22-82-13-10-76-115(4)112-117(8,77-11-14-83-23-26-89-35-38-95-47-50-101-59-62-107-71-74-110-68-65-104-56-53-98-44-41-92-32-29-86-20-17-80-2)114-118(9,113-116(5,6)7)78-12-15-84-24-27-90-36-39-96-48-51-102-60-63-108-72-75-111-69-66-105-57-54-99-45-42-93-33-30-87-21-18-81-3/h115H,10-78H2,1-9H3. The maximum absolute atomic E-state index is 7.35. The summed E-state index contributed by atoms with van der Waals surface area (Å²) in [6, 6.07) is 2.50. The summed E-state index contributed by atoms with van der Waals surface area (Å²) in [4.78, 5) is 0. The third kappa shape index (κ3) is 99.2. The molecule has 3 atom stereocenters. The zero-order valence-corrected chi connectivity index (χ0v) is 78.7. The van der Waals surface area contributed by atoms with Crippen LogP contribution in [0.3, 0.4) is 0 Å². The van der Waals surface area contributed by atoms with Crippen molar-refractivity contribution < 1.29 is 169 Å². The molecule has 0 rings (SSSR count). The molecule has 0 spiro atoms. The van der Waals surface area contributed by atoms with Crippen molar-refractivity contribution in [2.45, 2.75) is 76.7 Å². The molecule has 0 aliphatic rings. The summed E-state index contributed by atoms with van der Waals surface area (Å²) in [7, 11) is -4.30. The lowest BCUT2D eigenvalue weighted by Gasteiger charge is -2.41. The SMILES string of the molecule is COCCOCCOCCOCCOCCOCCOCCOCCOCCOCCOCCC[SiH](C)O[Si](C)(CCCOCCOCCOCCOCCOCCOCCOCCOCCOCCOCCOC)O[Si](C)(CCCOCCOCCOCCOCCOCCOCCOCCOCCOCCOCCOC)O[Si](C)(C)C. The van der Waals surface area contributed by atoms with Crippen molar-refractivity contribution in [3.05, 3.63) is 0 Å². The molecule has 0 aromatic rings. The summed E-state index contributed by atoms with van der Waals surface area (Å²) in [6.07, 6.45) is 2.47. The van der Waals surface area contributed by atoms with Gasteiger partial charge in [-0.3, -0.25) is 0 Å². The fourth-order valence-electron chi connectivity index (χ4n) is 9.98. The molecule has 0 aliphatic carbocycles. The van der Waals surface area contributed by atoms with Gasteiger partial charge in [-0.1, -0.05) is 0 Å². The van der Waals surface area contributed by atoms with Gasteiger partial charge >= 0.3 is 17.1 Å². The Morgan fingerprint density at radius 2 is 0.297 bits per heavy atom. The van der Waals surface area contributed by atoms with Crippen LogP contribution >= 0.6 is 0 Å². The molecule has 0 bridgehead atoms. The predicted molar refractivity (Wildman–Crippen MR) is 451 cm³/mol. The minimum absolute atomic E-state index is 0.461. The zero-order chi connectivity index (χ0) is 85.3. The van der Waals surface area contributed by atoms with E-state index < -0.39 is 34.5 Å². The lowest BCUT2D eigenvalue weighted by Crippen LogP contribution is -2.57. The molecule has 118 heavy (non-hydrogen) atoms. The normalized spacial score (nSPS) is 13.4. The fourth-order valence-corrected chi connectivity index (χ4v) is 27.9. The Hall–Kier alpha value is -0.572. The van der Waals surface area contributed by atoms with Gasteiger partial charge in [0.05, 0.1) is 396 Å². The molecule has 36 nitrogen and oxygen atoms in total. The van der Waals surface area contributed by atoms with Crippen LogP contribution in [-0.4, -0.2) is 472 Å². The van der Waals surface area contributed by atoms with E-state index in [0.717, 1.165) is 37.4 Å². The van der Waals surface area contributed by atoms with Gasteiger partial charge in [-0.05, 0) is 76.7 Å². The minimum Gasteiger partial charge on any atom is -0.439 e. The van der Waals surface area contributed by atoms with Crippen molar-refractivity contribution in [3.8, 4) is 0 Å². The third-order valence-corrected chi connectivity index (χ3v) is 30.5. The molecule has 0 aliphatic heterocycles. The maximum atomic E-state index is 7.35. The smallest absolute Gasteiger partial charge is 0.315 e. The Labute approximate surface area is 714 Å². The highest BCUT2D eigenvalue weighted by atomic mass is 28.5. The van der Waals surface area contributed by atoms with Crippen molar-refractivity contribution in [2.24, 2.45) is 0 Å². The van der Waals surface area contributed by atoms with Gasteiger partial charge in [0.25, 0.3) is 0 Å². The quantitative estimate of drug-likeness (QED) is 0.0572. The number of methoxy groups -OCH3 is 3. The van der Waals surface area contributed by atoms with Crippen molar-refractivity contribution in [2.75, 3.05) is 438 Å². The van der Waals surface area contributed by atoms with E-state index in [-0.39, 0.29) is 0 Å². The Bertz CT molecular complexity index is 1880. The summed E-state index contributed by atoms with van der Waals surface area (Å²) in [5.41, 5.74) is 0. The van der Waals surface area contributed by atoms with Crippen LogP contribution in [0.5, 0.6) is 0 Å². The summed E-state index contributed by atoms with van der Waals surface area (Å²) in [5, 5.41) is 0. The van der Waals surface area contributed by atoms with E-state index in [9.17, 15) is 0 Å². The van der Waals surface area contributed by atoms with E-state index in [2.05, 4.69) is 39.3 Å². The fraction of sp³-hybridized carbons (Fsp3) is 1.00. The molecule has 0 aromatic heterocycles. The number of hydrogen-bond donors (Lipinski definition) is 0. The van der Waals surface area contributed by atoms with Gasteiger partial charge in [-0.25, -0.2) is 0 Å². The van der Waals surface area contributed by atoms with Gasteiger partial charge in [0.2, 0.25) is 0 Å². The summed E-state index contributed by atoms with van der Waals surface area (Å²) in [5.74, 6) is 0. The third-order valence-electron chi connectivity index (χ3n) is 15.5. The first-order valence-corrected chi connectivity index (χ1v) is 53.8. The van der Waals surface area contributed by atoms with E-state index in [1.165, 1.54) is 0 Å². The van der Waals surface area contributed by atoms with E-state index in [1.54, 1.807) is 21.3 Å². The van der Waals surface area contributed by atoms with Crippen LogP contribution in [-0.2, 0) is 169 Å². The van der Waals surface area contributed by atoms with Crippen LogP contribution in [0.15, 0.2) is 0 Å². The molecule has 0 aromatic carbocycles. The monoisotopic (exact) mass is 1790 g/mol. The molecule has 0 N–H and O–H groups in total. The Kier molecular flexibility index (Phi) is 98.1. The Morgan fingerprint density at radius 3 is 0.449 bits per heavy atom. The van der Waals surface area contributed by atoms with Crippen LogP contribution in [0.2, 0.25) is 57.4 Å². The van der Waals surface area contributed by atoms with E-state index in [1.807, 2.05) is 0 Å². The van der Waals surface area contributed by atoms with Crippen LogP contribution in [0.1, 0.15) is 19.3 Å². The molecule has 40 heteroatoms. The van der Waals surface area contributed by atoms with Gasteiger partial charge in [0.1, 0.15) is 0 Å². The topological polar surface area (TPSA) is 332 Å².